The Labute approximate surface area is 85.3 Å². The van der Waals surface area contributed by atoms with Gasteiger partial charge >= 0.3 is 84.7 Å². The van der Waals surface area contributed by atoms with E-state index in [-0.39, 0.29) is 0 Å². The first-order chi connectivity index (χ1) is 6.90. The van der Waals surface area contributed by atoms with Crippen molar-refractivity contribution in [2.75, 3.05) is 0 Å². The Bertz CT molecular complexity index is 415. The second kappa shape index (κ2) is 4.06. The predicted molar refractivity (Wildman–Crippen MR) is 62.8 cm³/mol. The number of rotatable bonds is 2. The molecule has 2 aromatic carbocycles. The van der Waals surface area contributed by atoms with E-state index in [0.29, 0.717) is 0 Å². The Balaban J connectivity index is 2.39. The van der Waals surface area contributed by atoms with Gasteiger partial charge in [-0.25, -0.2) is 0 Å². The van der Waals surface area contributed by atoms with Crippen LogP contribution in [0.3, 0.4) is 0 Å². The molecule has 0 aliphatic heterocycles. The minimum atomic E-state index is 1.05. The van der Waals surface area contributed by atoms with Crippen molar-refractivity contribution in [2.45, 2.75) is 0 Å². The maximum absolute atomic E-state index is 5.41. The van der Waals surface area contributed by atoms with E-state index in [1.807, 2.05) is 30.3 Å². The van der Waals surface area contributed by atoms with Crippen molar-refractivity contribution in [3.05, 3.63) is 60.2 Å². The van der Waals surface area contributed by atoms with Crippen LogP contribution in [0.15, 0.2) is 54.6 Å². The van der Waals surface area contributed by atoms with Gasteiger partial charge in [0.1, 0.15) is 0 Å². The van der Waals surface area contributed by atoms with Gasteiger partial charge in [0.05, 0.1) is 0 Å². The topological polar surface area (TPSA) is 0 Å². The van der Waals surface area contributed by atoms with Crippen molar-refractivity contribution >= 4 is 13.5 Å². The molecule has 0 saturated carbocycles. The van der Waals surface area contributed by atoms with E-state index in [2.05, 4.69) is 24.3 Å². The minimum absolute atomic E-state index is 1.05. The van der Waals surface area contributed by atoms with Crippen molar-refractivity contribution in [2.24, 2.45) is 0 Å². The number of hydrogen-bond donors (Lipinski definition) is 0. The standard InChI is InChI=1S/C13H10B/c14-10-11-6-8-13(9-7-11)12-4-2-1-3-5-12/h1-10H. The molecule has 0 fully saturated rings. The van der Waals surface area contributed by atoms with Crippen LogP contribution >= 0.6 is 0 Å². The van der Waals surface area contributed by atoms with Crippen LogP contribution in [-0.4, -0.2) is 13.5 Å². The Morgan fingerprint density at radius 2 is 1.29 bits per heavy atom. The fraction of sp³-hybridized carbons (Fsp3) is 0. The molecular formula is C13H10B. The molecule has 14 heavy (non-hydrogen) atoms. The summed E-state index contributed by atoms with van der Waals surface area (Å²) in [7, 11) is 5.41. The Morgan fingerprint density at radius 3 is 1.86 bits per heavy atom. The Kier molecular flexibility index (Phi) is 2.59. The summed E-state index contributed by atoms with van der Waals surface area (Å²) in [6, 6.07) is 18.5. The summed E-state index contributed by atoms with van der Waals surface area (Å²) in [6.07, 6.45) is 0. The van der Waals surface area contributed by atoms with Gasteiger partial charge in [0.25, 0.3) is 0 Å². The van der Waals surface area contributed by atoms with Gasteiger partial charge in [-0.2, -0.15) is 0 Å². The van der Waals surface area contributed by atoms with E-state index in [1.54, 1.807) is 5.97 Å². The van der Waals surface area contributed by atoms with E-state index in [0.717, 1.165) is 5.56 Å². The molecule has 0 nitrogen and oxygen atoms in total. The van der Waals surface area contributed by atoms with Crippen LogP contribution in [0.1, 0.15) is 5.56 Å². The average Bonchev–Trinajstić information content (AvgIpc) is 2.30. The normalized spacial score (nSPS) is 9.64. The van der Waals surface area contributed by atoms with Gasteiger partial charge in [-0.05, 0) is 0 Å². The molecule has 0 aromatic heterocycles. The summed E-state index contributed by atoms with van der Waals surface area (Å²) in [6.45, 7) is 0. The molecule has 0 spiro atoms. The summed E-state index contributed by atoms with van der Waals surface area (Å²) in [5.41, 5.74) is 3.50. The molecule has 0 N–H and O–H groups in total. The van der Waals surface area contributed by atoms with Crippen LogP contribution in [0, 0.1) is 0 Å². The summed E-state index contributed by atoms with van der Waals surface area (Å²) in [4.78, 5) is 0. The predicted octanol–water partition coefficient (Wildman–Crippen LogP) is 2.67. The van der Waals surface area contributed by atoms with Gasteiger partial charge in [-0.3, -0.25) is 0 Å². The maximum atomic E-state index is 5.41. The molecule has 0 amide bonds. The van der Waals surface area contributed by atoms with Crippen LogP contribution in [0.25, 0.3) is 11.1 Å². The van der Waals surface area contributed by atoms with Gasteiger partial charge in [0.2, 0.25) is 0 Å². The second-order valence-corrected chi connectivity index (χ2v) is 3.15. The summed E-state index contributed by atoms with van der Waals surface area (Å²) in [5.74, 6) is 1.61. The van der Waals surface area contributed by atoms with E-state index in [4.69, 9.17) is 7.49 Å². The SMILES string of the molecule is [B]=Cc1ccc(-c2ccccc2)cc1. The summed E-state index contributed by atoms with van der Waals surface area (Å²) in [5, 5.41) is 0. The van der Waals surface area contributed by atoms with Crippen LogP contribution in [0.5, 0.6) is 0 Å². The first kappa shape index (κ1) is 8.95. The van der Waals surface area contributed by atoms with Gasteiger partial charge in [0.15, 0.2) is 0 Å². The van der Waals surface area contributed by atoms with Gasteiger partial charge in [-0.1, -0.05) is 0 Å². The third kappa shape index (κ3) is 1.82. The van der Waals surface area contributed by atoms with E-state index < -0.39 is 0 Å². The fourth-order valence-electron chi connectivity index (χ4n) is 1.42. The van der Waals surface area contributed by atoms with Crippen LogP contribution in [-0.2, 0) is 0 Å². The summed E-state index contributed by atoms with van der Waals surface area (Å²) < 4.78 is 0. The van der Waals surface area contributed by atoms with Crippen molar-refractivity contribution in [3.8, 4) is 11.1 Å². The zero-order chi connectivity index (χ0) is 9.80. The zero-order valence-corrected chi connectivity index (χ0v) is 7.85. The molecule has 0 unspecified atom stereocenters. The monoisotopic (exact) mass is 177 g/mol. The molecule has 0 heterocycles. The Hall–Kier alpha value is -1.63. The van der Waals surface area contributed by atoms with Crippen molar-refractivity contribution in [1.82, 2.24) is 0 Å². The zero-order valence-electron chi connectivity index (χ0n) is 7.85. The van der Waals surface area contributed by atoms with Gasteiger partial charge < -0.3 is 0 Å². The first-order valence-corrected chi connectivity index (χ1v) is 4.60. The molecule has 0 aliphatic carbocycles. The molecule has 0 saturated heterocycles. The molecule has 65 valence electrons. The molecular weight excluding hydrogens is 167 g/mol. The molecule has 0 bridgehead atoms. The number of benzene rings is 2. The fourth-order valence-corrected chi connectivity index (χ4v) is 1.42. The molecule has 0 atom stereocenters. The second-order valence-electron chi connectivity index (χ2n) is 3.15. The van der Waals surface area contributed by atoms with Gasteiger partial charge in [0, 0.05) is 0 Å². The van der Waals surface area contributed by atoms with Crippen LogP contribution < -0.4 is 0 Å². The average molecular weight is 177 g/mol. The molecule has 1 radical (unpaired) electrons. The van der Waals surface area contributed by atoms with Crippen molar-refractivity contribution in [3.63, 3.8) is 0 Å². The van der Waals surface area contributed by atoms with E-state index >= 15 is 0 Å². The quantitative estimate of drug-likeness (QED) is 0.618. The van der Waals surface area contributed by atoms with Crippen LogP contribution in [0.2, 0.25) is 0 Å². The molecule has 1 heteroatoms. The number of hydrogen-bond acceptors (Lipinski definition) is 0. The van der Waals surface area contributed by atoms with E-state index in [9.17, 15) is 0 Å². The molecule has 0 aliphatic rings. The van der Waals surface area contributed by atoms with Crippen LogP contribution in [0.4, 0.5) is 0 Å². The molecule has 2 rings (SSSR count). The third-order valence-corrected chi connectivity index (χ3v) is 2.21. The Morgan fingerprint density at radius 1 is 0.714 bits per heavy atom. The van der Waals surface area contributed by atoms with Crippen molar-refractivity contribution < 1.29 is 0 Å². The van der Waals surface area contributed by atoms with Crippen molar-refractivity contribution in [1.29, 1.82) is 0 Å². The third-order valence-electron chi connectivity index (χ3n) is 2.21. The van der Waals surface area contributed by atoms with E-state index in [1.165, 1.54) is 11.1 Å². The molecule has 2 aromatic rings. The first-order valence-electron chi connectivity index (χ1n) is 4.60. The summed E-state index contributed by atoms with van der Waals surface area (Å²) >= 11 is 0. The van der Waals surface area contributed by atoms with Gasteiger partial charge in [-0.15, -0.1) is 0 Å².